The van der Waals surface area contributed by atoms with Crippen molar-refractivity contribution in [3.63, 3.8) is 0 Å². The van der Waals surface area contributed by atoms with E-state index in [0.29, 0.717) is 31.9 Å². The number of nitro groups is 1. The molecule has 0 bridgehead atoms. The summed E-state index contributed by atoms with van der Waals surface area (Å²) in [5, 5.41) is 11.9. The van der Waals surface area contributed by atoms with Crippen molar-refractivity contribution in [2.45, 2.75) is 12.8 Å². The number of rotatable bonds is 6. The summed E-state index contributed by atoms with van der Waals surface area (Å²) in [5.41, 5.74) is 3.96. The minimum atomic E-state index is -0.677. The quantitative estimate of drug-likeness (QED) is 0.369. The number of hydrogen-bond acceptors (Lipinski definition) is 8. The van der Waals surface area contributed by atoms with Crippen LogP contribution in [0, 0.1) is 10.1 Å². The fourth-order valence-corrected chi connectivity index (χ4v) is 3.83. The number of anilines is 2. The third-order valence-electron chi connectivity index (χ3n) is 5.80. The van der Waals surface area contributed by atoms with Crippen molar-refractivity contribution < 1.29 is 28.8 Å². The van der Waals surface area contributed by atoms with Crippen LogP contribution < -0.4 is 15.3 Å². The van der Waals surface area contributed by atoms with Crippen LogP contribution in [0.3, 0.4) is 0 Å². The molecule has 2 aromatic carbocycles. The monoisotopic (exact) mass is 481 g/mol. The molecule has 4 rings (SSSR count). The Morgan fingerprint density at radius 3 is 2.17 bits per heavy atom. The second kappa shape index (κ2) is 10.2. The van der Waals surface area contributed by atoms with Gasteiger partial charge in [-0.3, -0.25) is 29.9 Å². The number of hydrogen-bond donors (Lipinski definition) is 1. The summed E-state index contributed by atoms with van der Waals surface area (Å²) in [7, 11) is 0. The zero-order valence-corrected chi connectivity index (χ0v) is 18.7. The Labute approximate surface area is 200 Å². The Morgan fingerprint density at radius 2 is 1.54 bits per heavy atom. The first kappa shape index (κ1) is 23.7. The predicted molar refractivity (Wildman–Crippen MR) is 123 cm³/mol. The van der Waals surface area contributed by atoms with Gasteiger partial charge in [-0.05, 0) is 36.4 Å². The number of nitrogens with one attached hydrogen (secondary N) is 1. The van der Waals surface area contributed by atoms with Gasteiger partial charge in [0.05, 0.1) is 16.2 Å². The maximum Gasteiger partial charge on any atom is 0.338 e. The summed E-state index contributed by atoms with van der Waals surface area (Å²) in [6, 6.07) is 12.2. The fraction of sp³-hybridized carbons (Fsp3) is 0.304. The number of esters is 1. The topological polar surface area (TPSA) is 142 Å². The molecule has 0 spiro atoms. The van der Waals surface area contributed by atoms with E-state index >= 15 is 0 Å². The molecule has 0 unspecified atom stereocenters. The minimum Gasteiger partial charge on any atom is -0.452 e. The lowest BCUT2D eigenvalue weighted by atomic mass is 10.2. The maximum atomic E-state index is 12.5. The van der Waals surface area contributed by atoms with Crippen LogP contribution in [0.1, 0.15) is 23.2 Å². The number of hydrazine groups is 1. The van der Waals surface area contributed by atoms with Gasteiger partial charge in [-0.1, -0.05) is 0 Å². The van der Waals surface area contributed by atoms with E-state index in [0.717, 1.165) is 10.7 Å². The average molecular weight is 481 g/mol. The zero-order chi connectivity index (χ0) is 24.9. The van der Waals surface area contributed by atoms with Crippen molar-refractivity contribution in [1.29, 1.82) is 0 Å². The summed E-state index contributed by atoms with van der Waals surface area (Å²) in [4.78, 5) is 62.3. The van der Waals surface area contributed by atoms with E-state index in [4.69, 9.17) is 4.74 Å². The summed E-state index contributed by atoms with van der Waals surface area (Å²) < 4.78 is 5.16. The Morgan fingerprint density at radius 1 is 0.914 bits per heavy atom. The molecule has 12 nitrogen and oxygen atoms in total. The highest BCUT2D eigenvalue weighted by Gasteiger charge is 2.25. The summed E-state index contributed by atoms with van der Waals surface area (Å²) in [5.74, 6) is -1.51. The fourth-order valence-electron chi connectivity index (χ4n) is 3.83. The summed E-state index contributed by atoms with van der Waals surface area (Å²) in [6.45, 7) is 1.55. The molecule has 0 aliphatic carbocycles. The van der Waals surface area contributed by atoms with Crippen molar-refractivity contribution in [2.24, 2.45) is 0 Å². The van der Waals surface area contributed by atoms with Gasteiger partial charge in [-0.2, -0.15) is 0 Å². The molecule has 2 fully saturated rings. The van der Waals surface area contributed by atoms with Gasteiger partial charge in [0.1, 0.15) is 0 Å². The van der Waals surface area contributed by atoms with Gasteiger partial charge in [-0.25, -0.2) is 9.80 Å². The van der Waals surface area contributed by atoms with Gasteiger partial charge >= 0.3 is 5.97 Å². The molecule has 182 valence electrons. The molecular weight excluding hydrogens is 458 g/mol. The van der Waals surface area contributed by atoms with E-state index in [9.17, 15) is 29.3 Å². The van der Waals surface area contributed by atoms with Crippen molar-refractivity contribution in [3.05, 3.63) is 64.2 Å². The van der Waals surface area contributed by atoms with Crippen LogP contribution in [0.2, 0.25) is 0 Å². The number of nitrogens with zero attached hydrogens (tertiary/aromatic N) is 4. The second-order valence-electron chi connectivity index (χ2n) is 8.03. The summed E-state index contributed by atoms with van der Waals surface area (Å²) >= 11 is 0. The number of non-ortho nitro benzene ring substituents is 1. The molecule has 2 aliphatic rings. The number of carbonyl (C=O) groups is 4. The van der Waals surface area contributed by atoms with Gasteiger partial charge in [0.2, 0.25) is 11.8 Å². The molecule has 3 amide bonds. The summed E-state index contributed by atoms with van der Waals surface area (Å²) in [6.07, 6.45) is 0.250. The lowest BCUT2D eigenvalue weighted by molar-refractivity contribution is -0.384. The number of nitro benzene ring substituents is 1. The van der Waals surface area contributed by atoms with E-state index in [1.165, 1.54) is 36.4 Å². The van der Waals surface area contributed by atoms with Gasteiger partial charge in [0.25, 0.3) is 11.6 Å². The molecule has 1 N–H and O–H groups in total. The molecule has 12 heteroatoms. The van der Waals surface area contributed by atoms with Crippen molar-refractivity contribution in [1.82, 2.24) is 10.3 Å². The lowest BCUT2D eigenvalue weighted by Crippen LogP contribution is -2.50. The lowest BCUT2D eigenvalue weighted by Gasteiger charge is -2.36. The SMILES string of the molecule is O=C1CCC(=O)N(c2ccc(C(=O)OCC(=O)N3CCN(c4ccc([N+](=O)[O-])cc4)CC3)cc2)N1. The third-order valence-corrected chi connectivity index (χ3v) is 5.80. The molecule has 0 aromatic heterocycles. The van der Waals surface area contributed by atoms with Crippen LogP contribution in [-0.4, -0.2) is 66.3 Å². The standard InChI is InChI=1S/C23H23N5O7/c29-20-9-10-21(30)27(24-20)18-3-1-16(2-4-18)23(32)35-15-22(31)26-13-11-25(12-14-26)17-5-7-19(8-6-17)28(33)34/h1-8H,9-15H2,(H,24,29). The van der Waals surface area contributed by atoms with E-state index in [1.807, 2.05) is 4.90 Å². The molecule has 0 radical (unpaired) electrons. The normalized spacial score (nSPS) is 16.1. The number of benzene rings is 2. The molecular formula is C23H23N5O7. The van der Waals surface area contributed by atoms with Crippen LogP contribution in [0.4, 0.5) is 17.1 Å². The van der Waals surface area contributed by atoms with E-state index in [-0.39, 0.29) is 41.8 Å². The van der Waals surface area contributed by atoms with Crippen LogP contribution in [0.5, 0.6) is 0 Å². The molecule has 0 saturated carbocycles. The number of amides is 3. The first-order valence-corrected chi connectivity index (χ1v) is 11.0. The first-order chi connectivity index (χ1) is 16.8. The molecule has 0 atom stereocenters. The van der Waals surface area contributed by atoms with E-state index in [1.54, 1.807) is 17.0 Å². The number of piperazine rings is 1. The zero-order valence-electron chi connectivity index (χ0n) is 18.7. The van der Waals surface area contributed by atoms with Crippen LogP contribution in [0.15, 0.2) is 48.5 Å². The highest BCUT2D eigenvalue weighted by atomic mass is 16.6. The minimum absolute atomic E-state index is 0.0192. The van der Waals surface area contributed by atoms with E-state index in [2.05, 4.69) is 5.43 Å². The van der Waals surface area contributed by atoms with Crippen molar-refractivity contribution in [3.8, 4) is 0 Å². The Bertz CT molecular complexity index is 1140. The van der Waals surface area contributed by atoms with Crippen LogP contribution in [0.25, 0.3) is 0 Å². The first-order valence-electron chi connectivity index (χ1n) is 11.0. The number of carbonyl (C=O) groups excluding carboxylic acids is 4. The van der Waals surface area contributed by atoms with Gasteiger partial charge in [0, 0.05) is 56.8 Å². The van der Waals surface area contributed by atoms with Crippen molar-refractivity contribution >= 4 is 40.8 Å². The molecule has 2 aromatic rings. The van der Waals surface area contributed by atoms with Gasteiger partial charge < -0.3 is 14.5 Å². The van der Waals surface area contributed by atoms with Crippen LogP contribution in [-0.2, 0) is 19.1 Å². The van der Waals surface area contributed by atoms with Crippen molar-refractivity contribution in [2.75, 3.05) is 42.7 Å². The molecule has 2 aliphatic heterocycles. The third kappa shape index (κ3) is 5.54. The van der Waals surface area contributed by atoms with Gasteiger partial charge in [0.15, 0.2) is 6.61 Å². The molecule has 2 heterocycles. The average Bonchev–Trinajstić information content (AvgIpc) is 2.88. The Kier molecular flexibility index (Phi) is 6.90. The Hall–Kier alpha value is -4.48. The second-order valence-corrected chi connectivity index (χ2v) is 8.03. The largest absolute Gasteiger partial charge is 0.452 e. The highest BCUT2D eigenvalue weighted by molar-refractivity contribution is 6.01. The van der Waals surface area contributed by atoms with Gasteiger partial charge in [-0.15, -0.1) is 0 Å². The molecule has 2 saturated heterocycles. The van der Waals surface area contributed by atoms with E-state index < -0.39 is 17.5 Å². The highest BCUT2D eigenvalue weighted by Crippen LogP contribution is 2.21. The predicted octanol–water partition coefficient (Wildman–Crippen LogP) is 1.26. The maximum absolute atomic E-state index is 12.5. The smallest absolute Gasteiger partial charge is 0.338 e. The number of ether oxygens (including phenoxy) is 1. The van der Waals surface area contributed by atoms with Crippen LogP contribution >= 0.6 is 0 Å². The Balaban J connectivity index is 1.25. The molecule has 35 heavy (non-hydrogen) atoms.